The minimum Gasteiger partial charge on any atom is -0.481 e. The second-order valence-corrected chi connectivity index (χ2v) is 4.18. The molecule has 0 saturated heterocycles. The highest BCUT2D eigenvalue weighted by Crippen LogP contribution is 2.32. The first-order chi connectivity index (χ1) is 7.18. The van der Waals surface area contributed by atoms with Crippen molar-refractivity contribution in [2.75, 3.05) is 0 Å². The fourth-order valence-electron chi connectivity index (χ4n) is 1.95. The van der Waals surface area contributed by atoms with Crippen LogP contribution in [0.1, 0.15) is 43.0 Å². The molecule has 1 heterocycles. The molecular weight excluding hydrogens is 192 g/mol. The molecule has 0 atom stereocenters. The minimum atomic E-state index is -0.745. The van der Waals surface area contributed by atoms with E-state index in [1.807, 2.05) is 13.1 Å². The van der Waals surface area contributed by atoms with Crippen molar-refractivity contribution in [2.24, 2.45) is 0 Å². The Morgan fingerprint density at radius 3 is 2.93 bits per heavy atom. The van der Waals surface area contributed by atoms with Crippen LogP contribution in [0, 0.1) is 6.92 Å². The van der Waals surface area contributed by atoms with E-state index >= 15 is 0 Å². The van der Waals surface area contributed by atoms with Crippen molar-refractivity contribution in [1.82, 2.24) is 9.78 Å². The van der Waals surface area contributed by atoms with Gasteiger partial charge in [-0.2, -0.15) is 5.10 Å². The molecule has 4 nitrogen and oxygen atoms in total. The van der Waals surface area contributed by atoms with Crippen molar-refractivity contribution in [3.8, 4) is 0 Å². The van der Waals surface area contributed by atoms with Gasteiger partial charge in [-0.25, -0.2) is 0 Å². The highest BCUT2D eigenvalue weighted by Gasteiger charge is 2.22. The summed E-state index contributed by atoms with van der Waals surface area (Å²) in [4.78, 5) is 10.5. The first-order valence-electron chi connectivity index (χ1n) is 5.43. The average molecular weight is 208 g/mol. The fraction of sp³-hybridized carbons (Fsp3) is 0.636. The van der Waals surface area contributed by atoms with Crippen LogP contribution in [-0.4, -0.2) is 20.9 Å². The van der Waals surface area contributed by atoms with Crippen LogP contribution in [0.25, 0.3) is 0 Å². The molecule has 0 aliphatic heterocycles. The van der Waals surface area contributed by atoms with Crippen molar-refractivity contribution >= 4 is 5.97 Å². The molecule has 1 fully saturated rings. The molecule has 0 unspecified atom stereocenters. The van der Waals surface area contributed by atoms with Crippen LogP contribution in [0.2, 0.25) is 0 Å². The Morgan fingerprint density at radius 2 is 2.40 bits per heavy atom. The molecule has 0 spiro atoms. The third-order valence-electron chi connectivity index (χ3n) is 3.18. The third kappa shape index (κ3) is 2.03. The summed E-state index contributed by atoms with van der Waals surface area (Å²) in [6, 6.07) is 0.559. The summed E-state index contributed by atoms with van der Waals surface area (Å²) in [5, 5.41) is 13.0. The Morgan fingerprint density at radius 1 is 1.67 bits per heavy atom. The minimum absolute atomic E-state index is 0.192. The second-order valence-electron chi connectivity index (χ2n) is 4.18. The molecule has 0 amide bonds. The summed E-state index contributed by atoms with van der Waals surface area (Å²) in [7, 11) is 0. The lowest BCUT2D eigenvalue weighted by molar-refractivity contribution is -0.136. The molecule has 1 saturated carbocycles. The van der Waals surface area contributed by atoms with Crippen molar-refractivity contribution < 1.29 is 9.90 Å². The monoisotopic (exact) mass is 208 g/mol. The van der Waals surface area contributed by atoms with Gasteiger partial charge in [-0.05, 0) is 38.2 Å². The van der Waals surface area contributed by atoms with Gasteiger partial charge in [-0.3, -0.25) is 9.48 Å². The Hall–Kier alpha value is -1.32. The van der Waals surface area contributed by atoms with Gasteiger partial charge in [-0.1, -0.05) is 0 Å². The number of carboxylic acids is 1. The Bertz CT molecular complexity index is 367. The number of aliphatic carboxylic acids is 1. The fourth-order valence-corrected chi connectivity index (χ4v) is 1.95. The van der Waals surface area contributed by atoms with E-state index in [0.717, 1.165) is 11.3 Å². The third-order valence-corrected chi connectivity index (χ3v) is 3.18. The van der Waals surface area contributed by atoms with E-state index in [4.69, 9.17) is 5.11 Å². The smallest absolute Gasteiger partial charge is 0.303 e. The number of rotatable bonds is 4. The molecule has 1 aliphatic rings. The number of aromatic nitrogens is 2. The van der Waals surface area contributed by atoms with E-state index in [9.17, 15) is 4.79 Å². The SMILES string of the molecule is Cc1c(CCC(=O)O)cnn1C1CCC1. The molecule has 1 aromatic rings. The van der Waals surface area contributed by atoms with Gasteiger partial charge in [0.05, 0.1) is 12.2 Å². The molecule has 0 radical (unpaired) electrons. The highest BCUT2D eigenvalue weighted by atomic mass is 16.4. The van der Waals surface area contributed by atoms with Gasteiger partial charge in [0.2, 0.25) is 0 Å². The van der Waals surface area contributed by atoms with Gasteiger partial charge in [-0.15, -0.1) is 0 Å². The van der Waals surface area contributed by atoms with Crippen molar-refractivity contribution in [3.05, 3.63) is 17.5 Å². The first kappa shape index (κ1) is 10.2. The van der Waals surface area contributed by atoms with Gasteiger partial charge in [0.1, 0.15) is 0 Å². The molecule has 1 aromatic heterocycles. The van der Waals surface area contributed by atoms with E-state index in [1.54, 1.807) is 0 Å². The number of hydrogen-bond acceptors (Lipinski definition) is 2. The zero-order valence-corrected chi connectivity index (χ0v) is 8.94. The average Bonchev–Trinajstić information content (AvgIpc) is 2.43. The molecule has 82 valence electrons. The lowest BCUT2D eigenvalue weighted by Crippen LogP contribution is -2.19. The molecular formula is C11H16N2O2. The number of carbonyl (C=O) groups is 1. The largest absolute Gasteiger partial charge is 0.481 e. The van der Waals surface area contributed by atoms with Crippen LogP contribution in [0.3, 0.4) is 0 Å². The van der Waals surface area contributed by atoms with E-state index in [2.05, 4.69) is 9.78 Å². The summed E-state index contributed by atoms with van der Waals surface area (Å²) < 4.78 is 2.06. The summed E-state index contributed by atoms with van der Waals surface area (Å²) in [5.41, 5.74) is 2.21. The number of nitrogens with zero attached hydrogens (tertiary/aromatic N) is 2. The van der Waals surface area contributed by atoms with Gasteiger partial charge >= 0.3 is 5.97 Å². The van der Waals surface area contributed by atoms with Crippen LogP contribution in [0.4, 0.5) is 0 Å². The molecule has 0 aromatic carbocycles. The normalized spacial score (nSPS) is 16.3. The Balaban J connectivity index is 2.05. The van der Waals surface area contributed by atoms with Gasteiger partial charge in [0, 0.05) is 12.1 Å². The zero-order valence-electron chi connectivity index (χ0n) is 8.94. The molecule has 15 heavy (non-hydrogen) atoms. The second kappa shape index (κ2) is 4.04. The van der Waals surface area contributed by atoms with Crippen LogP contribution in [0.15, 0.2) is 6.20 Å². The van der Waals surface area contributed by atoms with E-state index in [-0.39, 0.29) is 6.42 Å². The maximum absolute atomic E-state index is 10.5. The Kier molecular flexibility index (Phi) is 2.75. The van der Waals surface area contributed by atoms with Crippen LogP contribution < -0.4 is 0 Å². The van der Waals surface area contributed by atoms with Crippen molar-refractivity contribution in [3.63, 3.8) is 0 Å². The maximum Gasteiger partial charge on any atom is 0.303 e. The quantitative estimate of drug-likeness (QED) is 0.822. The van der Waals surface area contributed by atoms with Crippen LogP contribution in [-0.2, 0) is 11.2 Å². The van der Waals surface area contributed by atoms with E-state index in [1.165, 1.54) is 19.3 Å². The summed E-state index contributed by atoms with van der Waals surface area (Å²) in [6.07, 6.45) is 6.30. The van der Waals surface area contributed by atoms with E-state index < -0.39 is 5.97 Å². The zero-order chi connectivity index (χ0) is 10.8. The Labute approximate surface area is 88.9 Å². The van der Waals surface area contributed by atoms with Crippen molar-refractivity contribution in [1.29, 1.82) is 0 Å². The van der Waals surface area contributed by atoms with E-state index in [0.29, 0.717) is 12.5 Å². The highest BCUT2D eigenvalue weighted by molar-refractivity contribution is 5.67. The van der Waals surface area contributed by atoms with Crippen molar-refractivity contribution in [2.45, 2.75) is 45.1 Å². The van der Waals surface area contributed by atoms with Gasteiger partial charge < -0.3 is 5.11 Å². The number of aryl methyl sites for hydroxylation is 1. The number of carboxylic acid groups (broad SMARTS) is 1. The lowest BCUT2D eigenvalue weighted by atomic mass is 9.93. The van der Waals surface area contributed by atoms with Crippen LogP contribution in [0.5, 0.6) is 0 Å². The van der Waals surface area contributed by atoms with Gasteiger partial charge in [0.25, 0.3) is 0 Å². The first-order valence-corrected chi connectivity index (χ1v) is 5.43. The molecule has 0 bridgehead atoms. The predicted molar refractivity (Wildman–Crippen MR) is 55.8 cm³/mol. The predicted octanol–water partition coefficient (Wildman–Crippen LogP) is 1.93. The van der Waals surface area contributed by atoms with Gasteiger partial charge in [0.15, 0.2) is 0 Å². The lowest BCUT2D eigenvalue weighted by Gasteiger charge is -2.27. The summed E-state index contributed by atoms with van der Waals surface area (Å²) in [6.45, 7) is 2.03. The molecule has 1 aliphatic carbocycles. The molecule has 1 N–H and O–H groups in total. The molecule has 4 heteroatoms. The molecule has 2 rings (SSSR count). The maximum atomic E-state index is 10.5. The topological polar surface area (TPSA) is 55.1 Å². The van der Waals surface area contributed by atoms with Crippen LogP contribution >= 0.6 is 0 Å². The summed E-state index contributed by atoms with van der Waals surface area (Å²) >= 11 is 0. The standard InChI is InChI=1S/C11H16N2O2/c1-8-9(5-6-11(14)15)7-12-13(8)10-3-2-4-10/h7,10H,2-6H2,1H3,(H,14,15). The number of hydrogen-bond donors (Lipinski definition) is 1. The summed E-state index contributed by atoms with van der Waals surface area (Å²) in [5.74, 6) is -0.745.